The Morgan fingerprint density at radius 3 is 2.25 bits per heavy atom. The van der Waals surface area contributed by atoms with Gasteiger partial charge in [-0.2, -0.15) is 0 Å². The van der Waals surface area contributed by atoms with Crippen LogP contribution in [0.4, 0.5) is 11.4 Å². The molecule has 7 heteroatoms. The number of anilines is 2. The number of nitrogens with zero attached hydrogens (tertiary/aromatic N) is 1. The van der Waals surface area contributed by atoms with Crippen molar-refractivity contribution in [3.8, 4) is 5.75 Å². The fraction of sp³-hybridized carbons (Fsp3) is 0.120. The number of halogens is 2. The maximum atomic E-state index is 13.5. The van der Waals surface area contributed by atoms with Crippen LogP contribution in [0.3, 0.4) is 0 Å². The molecule has 0 bridgehead atoms. The first-order chi connectivity index (χ1) is 15.3. The van der Waals surface area contributed by atoms with Gasteiger partial charge in [0.05, 0.1) is 18.4 Å². The summed E-state index contributed by atoms with van der Waals surface area (Å²) in [4.78, 5) is 28.2. The van der Waals surface area contributed by atoms with E-state index in [0.717, 1.165) is 16.0 Å². The molecule has 1 aliphatic rings. The molecule has 3 aromatic carbocycles. The average molecular weight is 467 g/mol. The van der Waals surface area contributed by atoms with Crippen molar-refractivity contribution in [2.45, 2.75) is 13.8 Å². The van der Waals surface area contributed by atoms with Crippen LogP contribution in [0.1, 0.15) is 16.7 Å². The van der Waals surface area contributed by atoms with Gasteiger partial charge in [-0.1, -0.05) is 47.5 Å². The second kappa shape index (κ2) is 8.69. The third-order valence-corrected chi connectivity index (χ3v) is 6.22. The highest BCUT2D eigenvalue weighted by Gasteiger charge is 2.40. The second-order valence-electron chi connectivity index (χ2n) is 7.40. The number of hydrogen-bond donors (Lipinski definition) is 1. The molecule has 1 aliphatic heterocycles. The summed E-state index contributed by atoms with van der Waals surface area (Å²) in [5, 5.41) is 4.18. The van der Waals surface area contributed by atoms with E-state index in [2.05, 4.69) is 5.32 Å². The van der Waals surface area contributed by atoms with E-state index in [1.165, 1.54) is 0 Å². The Hall–Kier alpha value is -3.28. The molecule has 1 N–H and O–H groups in total. The predicted octanol–water partition coefficient (Wildman–Crippen LogP) is 6.02. The van der Waals surface area contributed by atoms with Crippen LogP contribution in [-0.2, 0) is 9.59 Å². The second-order valence-corrected chi connectivity index (χ2v) is 8.21. The van der Waals surface area contributed by atoms with Crippen molar-refractivity contribution in [2.24, 2.45) is 0 Å². The first kappa shape index (κ1) is 21.9. The van der Waals surface area contributed by atoms with Gasteiger partial charge in [-0.25, -0.2) is 4.90 Å². The Bertz CT molecular complexity index is 1270. The minimum Gasteiger partial charge on any atom is -0.497 e. The fourth-order valence-corrected chi connectivity index (χ4v) is 3.85. The van der Waals surface area contributed by atoms with Gasteiger partial charge in [0, 0.05) is 15.7 Å². The van der Waals surface area contributed by atoms with Crippen LogP contribution < -0.4 is 15.0 Å². The first-order valence-corrected chi connectivity index (χ1v) is 10.6. The number of imide groups is 1. The number of methoxy groups -OCH3 is 1. The molecule has 2 amide bonds. The Kier molecular flexibility index (Phi) is 5.96. The highest BCUT2D eigenvalue weighted by Crippen LogP contribution is 2.36. The lowest BCUT2D eigenvalue weighted by atomic mass is 10.0. The Morgan fingerprint density at radius 2 is 1.59 bits per heavy atom. The number of carbonyl (C=O) groups is 2. The lowest BCUT2D eigenvalue weighted by Gasteiger charge is -2.17. The summed E-state index contributed by atoms with van der Waals surface area (Å²) in [6.07, 6.45) is 0. The standard InChI is InChI=1S/C25H20Cl2N2O3/c1-14-7-10-17(13-20(14)27)29-24(30)22(16-8-11-18(32-3)12-9-16)23(25(29)31)28-21-6-4-5-19(26)15(21)2/h4-13,28H,1-3H3. The fourth-order valence-electron chi connectivity index (χ4n) is 3.50. The molecule has 4 rings (SSSR count). The number of benzene rings is 3. The van der Waals surface area contributed by atoms with Gasteiger partial charge in [0.15, 0.2) is 0 Å². The topological polar surface area (TPSA) is 58.6 Å². The minimum absolute atomic E-state index is 0.169. The smallest absolute Gasteiger partial charge is 0.282 e. The van der Waals surface area contributed by atoms with E-state index in [1.807, 2.05) is 19.9 Å². The van der Waals surface area contributed by atoms with Crippen molar-refractivity contribution >= 4 is 52.0 Å². The maximum absolute atomic E-state index is 13.5. The SMILES string of the molecule is COc1ccc(C2=C(Nc3cccc(Cl)c3C)C(=O)N(c3ccc(C)c(Cl)c3)C2=O)cc1. The van der Waals surface area contributed by atoms with E-state index in [9.17, 15) is 9.59 Å². The van der Waals surface area contributed by atoms with Gasteiger partial charge < -0.3 is 10.1 Å². The third kappa shape index (κ3) is 3.85. The van der Waals surface area contributed by atoms with E-state index in [-0.39, 0.29) is 11.3 Å². The average Bonchev–Trinajstić information content (AvgIpc) is 3.03. The molecule has 0 aliphatic carbocycles. The van der Waals surface area contributed by atoms with Gasteiger partial charge in [0.25, 0.3) is 11.8 Å². The van der Waals surface area contributed by atoms with Crippen molar-refractivity contribution in [2.75, 3.05) is 17.3 Å². The lowest BCUT2D eigenvalue weighted by molar-refractivity contribution is -0.120. The number of aryl methyl sites for hydroxylation is 1. The molecule has 3 aromatic rings. The van der Waals surface area contributed by atoms with E-state index in [1.54, 1.807) is 61.7 Å². The Balaban J connectivity index is 1.85. The first-order valence-electron chi connectivity index (χ1n) is 9.87. The number of rotatable bonds is 5. The zero-order valence-electron chi connectivity index (χ0n) is 17.7. The number of amides is 2. The van der Waals surface area contributed by atoms with Crippen molar-refractivity contribution in [1.82, 2.24) is 0 Å². The zero-order valence-corrected chi connectivity index (χ0v) is 19.2. The van der Waals surface area contributed by atoms with Crippen LogP contribution in [0.15, 0.2) is 66.4 Å². The molecule has 5 nitrogen and oxygen atoms in total. The van der Waals surface area contributed by atoms with Crippen molar-refractivity contribution in [3.05, 3.63) is 93.1 Å². The summed E-state index contributed by atoms with van der Waals surface area (Å²) >= 11 is 12.5. The molecule has 162 valence electrons. The van der Waals surface area contributed by atoms with Crippen LogP contribution in [0.2, 0.25) is 10.0 Å². The van der Waals surface area contributed by atoms with E-state index >= 15 is 0 Å². The summed E-state index contributed by atoms with van der Waals surface area (Å²) in [6.45, 7) is 3.70. The Labute approximate surface area is 196 Å². The highest BCUT2D eigenvalue weighted by atomic mass is 35.5. The van der Waals surface area contributed by atoms with Crippen molar-refractivity contribution in [3.63, 3.8) is 0 Å². The van der Waals surface area contributed by atoms with Gasteiger partial charge in [-0.15, -0.1) is 0 Å². The molecule has 0 spiro atoms. The van der Waals surface area contributed by atoms with Crippen molar-refractivity contribution in [1.29, 1.82) is 0 Å². The number of ether oxygens (including phenoxy) is 1. The molecule has 1 heterocycles. The van der Waals surface area contributed by atoms with Crippen LogP contribution >= 0.6 is 23.2 Å². The lowest BCUT2D eigenvalue weighted by Crippen LogP contribution is -2.32. The van der Waals surface area contributed by atoms with Gasteiger partial charge in [-0.3, -0.25) is 9.59 Å². The van der Waals surface area contributed by atoms with E-state index < -0.39 is 11.8 Å². The van der Waals surface area contributed by atoms with Crippen LogP contribution in [0.5, 0.6) is 5.75 Å². The molecule has 0 radical (unpaired) electrons. The summed E-state index contributed by atoms with van der Waals surface area (Å²) < 4.78 is 5.22. The van der Waals surface area contributed by atoms with Gasteiger partial charge in [0.1, 0.15) is 11.4 Å². The quantitative estimate of drug-likeness (QED) is 0.467. The normalized spacial score (nSPS) is 13.7. The van der Waals surface area contributed by atoms with Gasteiger partial charge in [-0.05, 0) is 66.9 Å². The summed E-state index contributed by atoms with van der Waals surface area (Å²) in [5.41, 5.74) is 3.69. The molecule has 0 saturated carbocycles. The summed E-state index contributed by atoms with van der Waals surface area (Å²) in [5.74, 6) is -0.268. The summed E-state index contributed by atoms with van der Waals surface area (Å²) in [7, 11) is 1.57. The molecule has 32 heavy (non-hydrogen) atoms. The van der Waals surface area contributed by atoms with Crippen molar-refractivity contribution < 1.29 is 14.3 Å². The number of nitrogens with one attached hydrogen (secondary N) is 1. The molecular weight excluding hydrogens is 447 g/mol. The van der Waals surface area contributed by atoms with E-state index in [0.29, 0.717) is 32.7 Å². The molecule has 0 unspecified atom stereocenters. The summed E-state index contributed by atoms with van der Waals surface area (Å²) in [6, 6.07) is 17.4. The van der Waals surface area contributed by atoms with Gasteiger partial charge in [0.2, 0.25) is 0 Å². The van der Waals surface area contributed by atoms with Crippen LogP contribution in [0, 0.1) is 13.8 Å². The number of hydrogen-bond acceptors (Lipinski definition) is 4. The zero-order chi connectivity index (χ0) is 23.0. The monoisotopic (exact) mass is 466 g/mol. The predicted molar refractivity (Wildman–Crippen MR) is 128 cm³/mol. The molecule has 0 saturated heterocycles. The highest BCUT2D eigenvalue weighted by molar-refractivity contribution is 6.46. The minimum atomic E-state index is -0.472. The molecule has 0 aromatic heterocycles. The van der Waals surface area contributed by atoms with Crippen LogP contribution in [0.25, 0.3) is 5.57 Å². The molecule has 0 fully saturated rings. The number of carbonyl (C=O) groups excluding carboxylic acids is 2. The largest absolute Gasteiger partial charge is 0.497 e. The van der Waals surface area contributed by atoms with Crippen LogP contribution in [-0.4, -0.2) is 18.9 Å². The molecule has 0 atom stereocenters. The van der Waals surface area contributed by atoms with Gasteiger partial charge >= 0.3 is 0 Å². The molecular formula is C25H20Cl2N2O3. The van der Waals surface area contributed by atoms with E-state index in [4.69, 9.17) is 27.9 Å². The maximum Gasteiger partial charge on any atom is 0.282 e. The Morgan fingerprint density at radius 1 is 0.875 bits per heavy atom. The third-order valence-electron chi connectivity index (χ3n) is 5.40.